The highest BCUT2D eigenvalue weighted by Crippen LogP contribution is 2.40. The van der Waals surface area contributed by atoms with Gasteiger partial charge >= 0.3 is 0 Å². The molecule has 0 aromatic heterocycles. The third-order valence-electron chi connectivity index (χ3n) is 3.22. The Morgan fingerprint density at radius 3 is 3.00 bits per heavy atom. The maximum Gasteiger partial charge on any atom is 0.115 e. The number of alkyl halides is 1. The second-order valence-electron chi connectivity index (χ2n) is 5.70. The Bertz CT molecular complexity index is 305. The van der Waals surface area contributed by atoms with E-state index in [-0.39, 0.29) is 12.1 Å². The molecule has 2 saturated heterocycles. The van der Waals surface area contributed by atoms with Gasteiger partial charge in [0.25, 0.3) is 0 Å². The summed E-state index contributed by atoms with van der Waals surface area (Å²) < 4.78 is 35.2. The first-order valence-corrected chi connectivity index (χ1v) is 5.71. The summed E-state index contributed by atoms with van der Waals surface area (Å²) in [7, 11) is 0. The van der Waals surface area contributed by atoms with Crippen molar-refractivity contribution < 1.29 is 11.9 Å². The molecule has 0 amide bonds. The third kappa shape index (κ3) is 2.34. The van der Waals surface area contributed by atoms with Crippen molar-refractivity contribution >= 4 is 0 Å². The summed E-state index contributed by atoms with van der Waals surface area (Å²) >= 11 is 0. The van der Waals surface area contributed by atoms with Gasteiger partial charge in [-0.05, 0) is 40.1 Å². The monoisotopic (exact) mass is 217 g/mol. The topological polar surface area (TPSA) is 12.5 Å². The van der Waals surface area contributed by atoms with Crippen molar-refractivity contribution in [3.8, 4) is 0 Å². The quantitative estimate of drug-likeness (QED) is 0.704. The number of halogens is 1. The summed E-state index contributed by atoms with van der Waals surface area (Å²) in [6, 6.07) is 0. The lowest BCUT2D eigenvalue weighted by atomic mass is 9.94. The molecule has 0 saturated carbocycles. The average Bonchev–Trinajstić information content (AvgIpc) is 2.60. The minimum atomic E-state index is -1.37. The molecule has 0 N–H and O–H groups in total. The molecule has 0 bridgehead atoms. The van der Waals surface area contributed by atoms with Gasteiger partial charge in [0, 0.05) is 21.2 Å². The minimum Gasteiger partial charge on any atom is -0.374 e. The van der Waals surface area contributed by atoms with E-state index in [2.05, 4.69) is 0 Å². The number of fused-ring (bicyclic) bond motifs is 1. The number of hydrogen-bond donors (Lipinski definition) is 0. The summed E-state index contributed by atoms with van der Waals surface area (Å²) in [5, 5.41) is 0. The van der Waals surface area contributed by atoms with Crippen LogP contribution in [0.25, 0.3) is 0 Å². The van der Waals surface area contributed by atoms with Crippen LogP contribution in [0.15, 0.2) is 0 Å². The lowest BCUT2D eigenvalue weighted by Gasteiger charge is -2.34. The largest absolute Gasteiger partial charge is 0.374 e. The molecule has 2 aliphatic heterocycles. The van der Waals surface area contributed by atoms with Crippen molar-refractivity contribution in [1.29, 1.82) is 0 Å². The van der Waals surface area contributed by atoms with Crippen molar-refractivity contribution in [3.63, 3.8) is 0 Å². The maximum absolute atomic E-state index is 13.6. The summed E-state index contributed by atoms with van der Waals surface area (Å²) in [6.45, 7) is 5.18. The van der Waals surface area contributed by atoms with Gasteiger partial charge < -0.3 is 4.74 Å². The highest BCUT2D eigenvalue weighted by atomic mass is 19.1. The predicted octanol–water partition coefficient (Wildman–Crippen LogP) is 2.38. The molecule has 2 rings (SSSR count). The van der Waals surface area contributed by atoms with E-state index < -0.39 is 18.2 Å². The molecule has 2 heterocycles. The molecule has 0 unspecified atom stereocenters. The van der Waals surface area contributed by atoms with Crippen LogP contribution < -0.4 is 0 Å². The van der Waals surface area contributed by atoms with Crippen molar-refractivity contribution in [1.82, 2.24) is 4.90 Å². The SMILES string of the molecule is [2H]C1([2H])CC[C@@]2(COC(C)(C)C)C[C@@H](F)CN12. The Hall–Kier alpha value is -0.150. The number of nitrogens with zero attached hydrogens (tertiary/aromatic N) is 1. The number of hydrogen-bond acceptors (Lipinski definition) is 2. The van der Waals surface area contributed by atoms with Crippen LogP contribution in [-0.4, -0.2) is 41.9 Å². The smallest absolute Gasteiger partial charge is 0.115 e. The fraction of sp³-hybridized carbons (Fsp3) is 1.00. The van der Waals surface area contributed by atoms with Crippen molar-refractivity contribution in [3.05, 3.63) is 0 Å². The molecule has 2 aliphatic rings. The average molecular weight is 217 g/mol. The van der Waals surface area contributed by atoms with Gasteiger partial charge in [0.05, 0.1) is 12.2 Å². The summed E-state index contributed by atoms with van der Waals surface area (Å²) in [4.78, 5) is 1.69. The Labute approximate surface area is 94.6 Å². The molecule has 15 heavy (non-hydrogen) atoms. The van der Waals surface area contributed by atoms with E-state index >= 15 is 0 Å². The zero-order valence-electron chi connectivity index (χ0n) is 11.8. The van der Waals surface area contributed by atoms with E-state index in [9.17, 15) is 4.39 Å². The van der Waals surface area contributed by atoms with Crippen LogP contribution in [0.5, 0.6) is 0 Å². The second kappa shape index (κ2) is 3.70. The normalized spacial score (nSPS) is 42.5. The van der Waals surface area contributed by atoms with Crippen LogP contribution in [0.3, 0.4) is 0 Å². The van der Waals surface area contributed by atoms with Crippen LogP contribution >= 0.6 is 0 Å². The van der Waals surface area contributed by atoms with Gasteiger partial charge in [-0.15, -0.1) is 0 Å². The van der Waals surface area contributed by atoms with Gasteiger partial charge in [0.2, 0.25) is 0 Å². The molecule has 0 radical (unpaired) electrons. The molecule has 0 aromatic carbocycles. The van der Waals surface area contributed by atoms with Crippen molar-refractivity contribution in [2.75, 3.05) is 19.6 Å². The van der Waals surface area contributed by atoms with Crippen LogP contribution in [0, 0.1) is 0 Å². The van der Waals surface area contributed by atoms with Gasteiger partial charge in [-0.25, -0.2) is 4.39 Å². The van der Waals surface area contributed by atoms with Gasteiger partial charge in [-0.2, -0.15) is 0 Å². The predicted molar refractivity (Wildman–Crippen MR) is 58.8 cm³/mol. The Balaban J connectivity index is 2.12. The van der Waals surface area contributed by atoms with Crippen LogP contribution in [-0.2, 0) is 4.74 Å². The molecular weight excluding hydrogens is 193 g/mol. The molecule has 88 valence electrons. The highest BCUT2D eigenvalue weighted by molar-refractivity contribution is 5.03. The summed E-state index contributed by atoms with van der Waals surface area (Å²) in [6.07, 6.45) is 0.653. The summed E-state index contributed by atoms with van der Waals surface area (Å²) in [5.74, 6) is 0. The lowest BCUT2D eigenvalue weighted by Crippen LogP contribution is -2.44. The van der Waals surface area contributed by atoms with Gasteiger partial charge in [0.1, 0.15) is 6.17 Å². The van der Waals surface area contributed by atoms with E-state index in [4.69, 9.17) is 7.48 Å². The summed E-state index contributed by atoms with van der Waals surface area (Å²) in [5.41, 5.74) is -0.680. The Morgan fingerprint density at radius 1 is 1.60 bits per heavy atom. The molecule has 0 aliphatic carbocycles. The van der Waals surface area contributed by atoms with E-state index in [0.29, 0.717) is 25.9 Å². The first-order valence-electron chi connectivity index (χ1n) is 6.71. The second-order valence-corrected chi connectivity index (χ2v) is 5.70. The van der Waals surface area contributed by atoms with E-state index in [1.165, 1.54) is 0 Å². The molecule has 3 heteroatoms. The number of rotatable bonds is 2. The van der Waals surface area contributed by atoms with Gasteiger partial charge in [0.15, 0.2) is 0 Å². The zero-order chi connectivity index (χ0) is 12.9. The minimum absolute atomic E-state index is 0.209. The fourth-order valence-electron chi connectivity index (χ4n) is 2.43. The first-order chi connectivity index (χ1) is 7.65. The fourth-order valence-corrected chi connectivity index (χ4v) is 2.43. The molecular formula is C12H22FNO. The number of ether oxygens (including phenoxy) is 1. The van der Waals surface area contributed by atoms with Crippen molar-refractivity contribution in [2.45, 2.75) is 57.3 Å². The molecule has 0 aromatic rings. The van der Waals surface area contributed by atoms with E-state index in [1.54, 1.807) is 4.90 Å². The van der Waals surface area contributed by atoms with Crippen LogP contribution in [0.1, 0.15) is 42.8 Å². The van der Waals surface area contributed by atoms with Gasteiger partial charge in [-0.1, -0.05) is 0 Å². The maximum atomic E-state index is 13.6. The molecule has 2 atom stereocenters. The Kier molecular flexibility index (Phi) is 2.21. The van der Waals surface area contributed by atoms with Crippen LogP contribution in [0.4, 0.5) is 4.39 Å². The Morgan fingerprint density at radius 2 is 2.33 bits per heavy atom. The standard InChI is InChI=1S/C12H22FNO/c1-11(2,3)15-9-12-5-4-6-14(12)8-10(13)7-12/h10H,4-9H2,1-3H3/t10-,12+/m1/s1/i6D2. The highest BCUT2D eigenvalue weighted by Gasteiger charge is 2.49. The third-order valence-corrected chi connectivity index (χ3v) is 3.22. The lowest BCUT2D eigenvalue weighted by molar-refractivity contribution is -0.0525. The molecule has 2 nitrogen and oxygen atoms in total. The molecule has 2 fully saturated rings. The zero-order valence-corrected chi connectivity index (χ0v) is 9.85. The molecule has 0 spiro atoms. The van der Waals surface area contributed by atoms with Gasteiger partial charge in [-0.3, -0.25) is 4.90 Å². The van der Waals surface area contributed by atoms with E-state index in [1.807, 2.05) is 20.8 Å². The van der Waals surface area contributed by atoms with Crippen LogP contribution in [0.2, 0.25) is 0 Å². The first kappa shape index (κ1) is 8.94. The van der Waals surface area contributed by atoms with Crippen molar-refractivity contribution in [2.24, 2.45) is 0 Å². The van der Waals surface area contributed by atoms with E-state index in [0.717, 1.165) is 0 Å².